The molecule has 0 fully saturated rings. The Bertz CT molecular complexity index is 546. The molecule has 16 heavy (non-hydrogen) atoms. The Morgan fingerprint density at radius 3 is 2.75 bits per heavy atom. The van der Waals surface area contributed by atoms with Crippen LogP contribution in [0.15, 0.2) is 30.6 Å². The van der Waals surface area contributed by atoms with Crippen LogP contribution in [-0.2, 0) is 7.05 Å². The average Bonchev–Trinajstić information content (AvgIpc) is 2.64. The van der Waals surface area contributed by atoms with Gasteiger partial charge >= 0.3 is 0 Å². The van der Waals surface area contributed by atoms with Crippen molar-refractivity contribution in [2.24, 2.45) is 7.05 Å². The van der Waals surface area contributed by atoms with Gasteiger partial charge in [0.05, 0.1) is 11.8 Å². The first-order chi connectivity index (χ1) is 7.58. The van der Waals surface area contributed by atoms with Gasteiger partial charge in [-0.3, -0.25) is 9.48 Å². The van der Waals surface area contributed by atoms with E-state index in [1.807, 2.05) is 6.92 Å². The lowest BCUT2D eigenvalue weighted by molar-refractivity contribution is 0.103. The van der Waals surface area contributed by atoms with Crippen molar-refractivity contribution in [1.82, 2.24) is 9.78 Å². The second kappa shape index (κ2) is 4.10. The summed E-state index contributed by atoms with van der Waals surface area (Å²) in [6, 6.07) is 5.25. The van der Waals surface area contributed by atoms with E-state index >= 15 is 0 Å². The molecule has 1 heterocycles. The molecule has 3 nitrogen and oxygen atoms in total. The van der Waals surface area contributed by atoms with Crippen molar-refractivity contribution in [3.05, 3.63) is 52.3 Å². The highest BCUT2D eigenvalue weighted by Gasteiger charge is 2.13. The maximum Gasteiger partial charge on any atom is 0.196 e. The molecule has 2 aromatic rings. The van der Waals surface area contributed by atoms with Crippen molar-refractivity contribution >= 4 is 17.4 Å². The molecule has 0 bridgehead atoms. The van der Waals surface area contributed by atoms with Crippen LogP contribution in [0.1, 0.15) is 21.5 Å². The zero-order valence-corrected chi connectivity index (χ0v) is 9.82. The Morgan fingerprint density at radius 2 is 2.19 bits per heavy atom. The normalized spacial score (nSPS) is 10.4. The third-order valence-electron chi connectivity index (χ3n) is 2.40. The van der Waals surface area contributed by atoms with Crippen LogP contribution in [0.2, 0.25) is 5.02 Å². The van der Waals surface area contributed by atoms with Gasteiger partial charge in [-0.1, -0.05) is 11.6 Å². The summed E-state index contributed by atoms with van der Waals surface area (Å²) < 4.78 is 1.61. The molecule has 0 atom stereocenters. The number of halogens is 1. The lowest BCUT2D eigenvalue weighted by atomic mass is 10.0. The predicted molar refractivity (Wildman–Crippen MR) is 62.8 cm³/mol. The zero-order valence-electron chi connectivity index (χ0n) is 9.07. The van der Waals surface area contributed by atoms with Crippen molar-refractivity contribution in [2.75, 3.05) is 0 Å². The van der Waals surface area contributed by atoms with Crippen molar-refractivity contribution in [1.29, 1.82) is 0 Å². The number of benzene rings is 1. The molecule has 1 aromatic carbocycles. The largest absolute Gasteiger partial charge is 0.288 e. The summed E-state index contributed by atoms with van der Waals surface area (Å²) in [7, 11) is 1.78. The highest BCUT2D eigenvalue weighted by atomic mass is 35.5. The van der Waals surface area contributed by atoms with Gasteiger partial charge in [-0.05, 0) is 30.7 Å². The first kappa shape index (κ1) is 10.9. The fraction of sp³-hybridized carbons (Fsp3) is 0.167. The van der Waals surface area contributed by atoms with E-state index in [0.29, 0.717) is 16.1 Å². The Morgan fingerprint density at radius 1 is 1.44 bits per heavy atom. The Hall–Kier alpha value is -1.61. The van der Waals surface area contributed by atoms with E-state index in [4.69, 9.17) is 11.6 Å². The molecule has 4 heteroatoms. The summed E-state index contributed by atoms with van der Waals surface area (Å²) in [6.45, 7) is 1.87. The second-order valence-corrected chi connectivity index (χ2v) is 4.13. The number of carbonyl (C=O) groups is 1. The number of aryl methyl sites for hydroxylation is 2. The van der Waals surface area contributed by atoms with Gasteiger partial charge in [-0.25, -0.2) is 0 Å². The summed E-state index contributed by atoms with van der Waals surface area (Å²) in [5, 5.41) is 4.62. The number of hydrogen-bond donors (Lipinski definition) is 0. The van der Waals surface area contributed by atoms with Crippen LogP contribution in [0.25, 0.3) is 0 Å². The average molecular weight is 235 g/mol. The van der Waals surface area contributed by atoms with Crippen LogP contribution >= 0.6 is 11.6 Å². The predicted octanol–water partition coefficient (Wildman–Crippen LogP) is 2.61. The van der Waals surface area contributed by atoms with E-state index in [9.17, 15) is 4.79 Å². The molecule has 2 rings (SSSR count). The van der Waals surface area contributed by atoms with E-state index in [2.05, 4.69) is 5.10 Å². The topological polar surface area (TPSA) is 34.9 Å². The molecular formula is C12H11ClN2O. The van der Waals surface area contributed by atoms with E-state index in [-0.39, 0.29) is 5.78 Å². The molecular weight excluding hydrogens is 224 g/mol. The molecule has 0 amide bonds. The smallest absolute Gasteiger partial charge is 0.196 e. The summed E-state index contributed by atoms with van der Waals surface area (Å²) in [5.74, 6) is -0.0257. The number of rotatable bonds is 2. The molecule has 82 valence electrons. The minimum Gasteiger partial charge on any atom is -0.288 e. The molecule has 0 saturated carbocycles. The van der Waals surface area contributed by atoms with Crippen LogP contribution in [0.5, 0.6) is 0 Å². The van der Waals surface area contributed by atoms with Crippen molar-refractivity contribution < 1.29 is 4.79 Å². The molecule has 0 N–H and O–H groups in total. The molecule has 0 saturated heterocycles. The van der Waals surface area contributed by atoms with Crippen LogP contribution < -0.4 is 0 Å². The second-order valence-electron chi connectivity index (χ2n) is 3.69. The molecule has 0 spiro atoms. The zero-order chi connectivity index (χ0) is 11.7. The molecule has 1 aromatic heterocycles. The van der Waals surface area contributed by atoms with Gasteiger partial charge in [0.15, 0.2) is 5.78 Å². The number of hydrogen-bond acceptors (Lipinski definition) is 2. The molecule has 0 aliphatic carbocycles. The number of nitrogens with zero attached hydrogens (tertiary/aromatic N) is 2. The summed E-state index contributed by atoms with van der Waals surface area (Å²) in [6.07, 6.45) is 3.27. The van der Waals surface area contributed by atoms with Crippen LogP contribution in [0.3, 0.4) is 0 Å². The van der Waals surface area contributed by atoms with E-state index in [0.717, 1.165) is 5.56 Å². The first-order valence-electron chi connectivity index (χ1n) is 4.87. The SMILES string of the molecule is Cc1cc(Cl)ccc1C(=O)c1cnn(C)c1. The minimum atomic E-state index is -0.0257. The number of aromatic nitrogens is 2. The van der Waals surface area contributed by atoms with Crippen LogP contribution in [0.4, 0.5) is 0 Å². The standard InChI is InChI=1S/C12H11ClN2O/c1-8-5-10(13)3-4-11(8)12(16)9-6-14-15(2)7-9/h3-7H,1-2H3. The summed E-state index contributed by atoms with van der Waals surface area (Å²) in [5.41, 5.74) is 2.13. The Balaban J connectivity index is 2.41. The van der Waals surface area contributed by atoms with Crippen LogP contribution in [0, 0.1) is 6.92 Å². The summed E-state index contributed by atoms with van der Waals surface area (Å²) >= 11 is 5.84. The van der Waals surface area contributed by atoms with Crippen molar-refractivity contribution in [2.45, 2.75) is 6.92 Å². The summed E-state index contributed by atoms with van der Waals surface area (Å²) in [4.78, 5) is 12.1. The fourth-order valence-corrected chi connectivity index (χ4v) is 1.80. The lowest BCUT2D eigenvalue weighted by Gasteiger charge is -2.03. The Labute approximate surface area is 98.7 Å². The van der Waals surface area contributed by atoms with E-state index < -0.39 is 0 Å². The maximum absolute atomic E-state index is 12.1. The molecule has 0 radical (unpaired) electrons. The third kappa shape index (κ3) is 1.99. The third-order valence-corrected chi connectivity index (χ3v) is 2.64. The van der Waals surface area contributed by atoms with Crippen molar-refractivity contribution in [3.63, 3.8) is 0 Å². The van der Waals surface area contributed by atoms with E-state index in [1.54, 1.807) is 42.3 Å². The van der Waals surface area contributed by atoms with Gasteiger partial charge in [0.1, 0.15) is 0 Å². The van der Waals surface area contributed by atoms with Gasteiger partial charge in [0.2, 0.25) is 0 Å². The molecule has 0 aliphatic rings. The highest BCUT2D eigenvalue weighted by molar-refractivity contribution is 6.30. The number of carbonyl (C=O) groups excluding carboxylic acids is 1. The molecule has 0 aliphatic heterocycles. The monoisotopic (exact) mass is 234 g/mol. The lowest BCUT2D eigenvalue weighted by Crippen LogP contribution is -2.02. The first-order valence-corrected chi connectivity index (χ1v) is 5.25. The van der Waals surface area contributed by atoms with Gasteiger partial charge in [0.25, 0.3) is 0 Å². The van der Waals surface area contributed by atoms with Gasteiger partial charge < -0.3 is 0 Å². The number of ketones is 1. The van der Waals surface area contributed by atoms with Crippen molar-refractivity contribution in [3.8, 4) is 0 Å². The quantitative estimate of drug-likeness (QED) is 0.749. The van der Waals surface area contributed by atoms with Gasteiger partial charge in [0, 0.05) is 23.8 Å². The van der Waals surface area contributed by atoms with Crippen LogP contribution in [-0.4, -0.2) is 15.6 Å². The highest BCUT2D eigenvalue weighted by Crippen LogP contribution is 2.18. The van der Waals surface area contributed by atoms with E-state index in [1.165, 1.54) is 0 Å². The molecule has 0 unspecified atom stereocenters. The minimum absolute atomic E-state index is 0.0257. The maximum atomic E-state index is 12.1. The fourth-order valence-electron chi connectivity index (χ4n) is 1.58. The van der Waals surface area contributed by atoms with Gasteiger partial charge in [-0.2, -0.15) is 5.10 Å². The van der Waals surface area contributed by atoms with Gasteiger partial charge in [-0.15, -0.1) is 0 Å². The Kier molecular flexibility index (Phi) is 2.79.